The van der Waals surface area contributed by atoms with Gasteiger partial charge in [0.15, 0.2) is 5.78 Å². The molecule has 3 atom stereocenters. The molecular formula is C23H15NO. The smallest absolute Gasteiger partial charge is 0.168 e. The molecule has 0 bridgehead atoms. The van der Waals surface area contributed by atoms with Crippen molar-refractivity contribution in [2.24, 2.45) is 5.92 Å². The number of carbonyl (C=O) groups is 1. The number of hydrogen-bond acceptors (Lipinski definition) is 2. The molecule has 2 unspecified atom stereocenters. The van der Waals surface area contributed by atoms with Crippen LogP contribution in [0.15, 0.2) is 78.9 Å². The molecule has 0 aromatic heterocycles. The van der Waals surface area contributed by atoms with Crippen molar-refractivity contribution in [1.29, 1.82) is 5.26 Å². The third kappa shape index (κ3) is 1.70. The Balaban J connectivity index is 1.74. The minimum atomic E-state index is -0.305. The van der Waals surface area contributed by atoms with Crippen LogP contribution in [0, 0.1) is 17.2 Å². The first-order chi connectivity index (χ1) is 12.3. The van der Waals surface area contributed by atoms with Crippen molar-refractivity contribution in [1.82, 2.24) is 0 Å². The lowest BCUT2D eigenvalue weighted by atomic mass is 9.79. The summed E-state index contributed by atoms with van der Waals surface area (Å²) in [7, 11) is 0. The van der Waals surface area contributed by atoms with Gasteiger partial charge in [0.1, 0.15) is 0 Å². The number of Topliss-reactive ketones (excluding diaryl/α,β-unsaturated/α-hetero) is 1. The maximum atomic E-state index is 13.1. The molecular weight excluding hydrogens is 306 g/mol. The molecule has 0 heterocycles. The molecule has 118 valence electrons. The summed E-state index contributed by atoms with van der Waals surface area (Å²) in [6, 6.07) is 28.2. The van der Waals surface area contributed by atoms with Crippen LogP contribution in [-0.2, 0) is 5.41 Å². The van der Waals surface area contributed by atoms with E-state index in [0.29, 0.717) is 5.56 Å². The maximum absolute atomic E-state index is 13.1. The third-order valence-corrected chi connectivity index (χ3v) is 5.79. The largest absolute Gasteiger partial charge is 0.294 e. The fourth-order valence-electron chi connectivity index (χ4n) is 4.75. The van der Waals surface area contributed by atoms with E-state index in [1.165, 1.54) is 5.56 Å². The normalized spacial score (nSPS) is 25.8. The van der Waals surface area contributed by atoms with Crippen molar-refractivity contribution in [3.8, 4) is 6.07 Å². The number of rotatable bonds is 2. The molecule has 3 aromatic rings. The summed E-state index contributed by atoms with van der Waals surface area (Å²) < 4.78 is 0. The standard InChI is InChI=1S/C23H15NO/c24-14-15-10-12-17(13-11-15)23(16-6-2-1-3-7-16)20-18-8-4-5-9-19(18)22(25)21(20)23/h1-13,20-21H/t20?,21?,23-/m1/s1. The minimum Gasteiger partial charge on any atom is -0.294 e. The summed E-state index contributed by atoms with van der Waals surface area (Å²) in [5.74, 6) is 0.389. The number of nitriles is 1. The second-order valence-corrected chi connectivity index (χ2v) is 6.83. The maximum Gasteiger partial charge on any atom is 0.168 e. The van der Waals surface area contributed by atoms with Crippen molar-refractivity contribution in [3.05, 3.63) is 107 Å². The Morgan fingerprint density at radius 2 is 1.40 bits per heavy atom. The predicted octanol–water partition coefficient (Wildman–Crippen LogP) is 4.45. The monoisotopic (exact) mass is 321 g/mol. The van der Waals surface area contributed by atoms with Crippen LogP contribution in [0.5, 0.6) is 0 Å². The zero-order chi connectivity index (χ0) is 17.0. The lowest BCUT2D eigenvalue weighted by molar-refractivity contribution is 0.0966. The van der Waals surface area contributed by atoms with Crippen LogP contribution in [0.2, 0.25) is 0 Å². The fourth-order valence-corrected chi connectivity index (χ4v) is 4.75. The van der Waals surface area contributed by atoms with Crippen molar-refractivity contribution < 1.29 is 4.79 Å². The Morgan fingerprint density at radius 1 is 0.760 bits per heavy atom. The van der Waals surface area contributed by atoms with Crippen molar-refractivity contribution in [2.75, 3.05) is 0 Å². The average molecular weight is 321 g/mol. The lowest BCUT2D eigenvalue weighted by Crippen LogP contribution is -2.20. The summed E-state index contributed by atoms with van der Waals surface area (Å²) >= 11 is 0. The highest BCUT2D eigenvalue weighted by molar-refractivity contribution is 6.09. The quantitative estimate of drug-likeness (QED) is 0.699. The van der Waals surface area contributed by atoms with E-state index < -0.39 is 0 Å². The van der Waals surface area contributed by atoms with Gasteiger partial charge in [-0.2, -0.15) is 5.26 Å². The van der Waals surface area contributed by atoms with Crippen LogP contribution in [0.1, 0.15) is 38.5 Å². The Bertz CT molecular complexity index is 1030. The summed E-state index contributed by atoms with van der Waals surface area (Å²) in [6.45, 7) is 0. The molecule has 2 aliphatic rings. The minimum absolute atomic E-state index is 0.0414. The van der Waals surface area contributed by atoms with Gasteiger partial charge in [-0.3, -0.25) is 4.79 Å². The average Bonchev–Trinajstić information content (AvgIpc) is 3.30. The van der Waals surface area contributed by atoms with Crippen molar-refractivity contribution >= 4 is 5.78 Å². The van der Waals surface area contributed by atoms with Gasteiger partial charge in [-0.05, 0) is 28.8 Å². The van der Waals surface area contributed by atoms with Crippen LogP contribution in [0.4, 0.5) is 0 Å². The van der Waals surface area contributed by atoms with Gasteiger partial charge in [-0.15, -0.1) is 0 Å². The number of ketones is 1. The van der Waals surface area contributed by atoms with Gasteiger partial charge in [0.25, 0.3) is 0 Å². The topological polar surface area (TPSA) is 40.9 Å². The fraction of sp³-hybridized carbons (Fsp3) is 0.130. The van der Waals surface area contributed by atoms with E-state index >= 15 is 0 Å². The van der Waals surface area contributed by atoms with Crippen molar-refractivity contribution in [3.63, 3.8) is 0 Å². The first kappa shape index (κ1) is 14.2. The molecule has 3 aromatic carbocycles. The van der Waals surface area contributed by atoms with Crippen molar-refractivity contribution in [2.45, 2.75) is 11.3 Å². The highest BCUT2D eigenvalue weighted by Crippen LogP contribution is 2.73. The number of benzene rings is 3. The molecule has 1 saturated carbocycles. The Labute approximate surface area is 146 Å². The van der Waals surface area contributed by atoms with Gasteiger partial charge in [-0.1, -0.05) is 66.7 Å². The molecule has 0 amide bonds. The zero-order valence-corrected chi connectivity index (χ0v) is 13.5. The first-order valence-corrected chi connectivity index (χ1v) is 8.48. The van der Waals surface area contributed by atoms with Crippen LogP contribution >= 0.6 is 0 Å². The van der Waals surface area contributed by atoms with E-state index in [1.807, 2.05) is 60.7 Å². The van der Waals surface area contributed by atoms with Gasteiger partial charge in [0, 0.05) is 22.8 Å². The van der Waals surface area contributed by atoms with Gasteiger partial charge >= 0.3 is 0 Å². The molecule has 25 heavy (non-hydrogen) atoms. The molecule has 0 aliphatic heterocycles. The molecule has 5 rings (SSSR count). The molecule has 0 spiro atoms. The van der Waals surface area contributed by atoms with E-state index in [4.69, 9.17) is 5.26 Å². The second-order valence-electron chi connectivity index (χ2n) is 6.83. The predicted molar refractivity (Wildman–Crippen MR) is 95.4 cm³/mol. The van der Waals surface area contributed by atoms with Gasteiger partial charge in [-0.25, -0.2) is 0 Å². The number of carbonyl (C=O) groups excluding carboxylic acids is 1. The Morgan fingerprint density at radius 3 is 2.12 bits per heavy atom. The number of hydrogen-bond donors (Lipinski definition) is 0. The Kier molecular flexibility index (Phi) is 2.79. The first-order valence-electron chi connectivity index (χ1n) is 8.48. The molecule has 0 N–H and O–H groups in total. The highest BCUT2D eigenvalue weighted by atomic mass is 16.1. The molecule has 2 heteroatoms. The molecule has 0 saturated heterocycles. The van der Waals surface area contributed by atoms with Gasteiger partial charge < -0.3 is 0 Å². The number of nitrogens with zero attached hydrogens (tertiary/aromatic N) is 1. The van der Waals surface area contributed by atoms with Crippen LogP contribution in [0.3, 0.4) is 0 Å². The zero-order valence-electron chi connectivity index (χ0n) is 13.5. The van der Waals surface area contributed by atoms with Gasteiger partial charge in [0.2, 0.25) is 0 Å². The van der Waals surface area contributed by atoms with E-state index in [1.54, 1.807) is 0 Å². The van der Waals surface area contributed by atoms with Crippen LogP contribution in [0.25, 0.3) is 0 Å². The molecule has 2 nitrogen and oxygen atoms in total. The summed E-state index contributed by atoms with van der Waals surface area (Å²) in [5, 5.41) is 9.09. The summed E-state index contributed by atoms with van der Waals surface area (Å²) in [4.78, 5) is 13.1. The SMILES string of the molecule is N#Cc1ccc([C@@]2(c3ccccc3)C3C(=O)c4ccccc4C32)cc1. The van der Waals surface area contributed by atoms with E-state index in [2.05, 4.69) is 24.3 Å². The van der Waals surface area contributed by atoms with Crippen LogP contribution in [-0.4, -0.2) is 5.78 Å². The van der Waals surface area contributed by atoms with E-state index in [-0.39, 0.29) is 23.0 Å². The van der Waals surface area contributed by atoms with Crippen LogP contribution < -0.4 is 0 Å². The van der Waals surface area contributed by atoms with E-state index in [9.17, 15) is 4.79 Å². The molecule has 0 radical (unpaired) electrons. The molecule has 2 aliphatic carbocycles. The Hall–Kier alpha value is -3.18. The van der Waals surface area contributed by atoms with E-state index in [0.717, 1.165) is 16.7 Å². The summed E-state index contributed by atoms with van der Waals surface area (Å²) in [6.07, 6.45) is 0. The highest BCUT2D eigenvalue weighted by Gasteiger charge is 2.73. The molecule has 1 fully saturated rings. The second kappa shape index (κ2) is 4.91. The number of fused-ring (bicyclic) bond motifs is 3. The summed E-state index contributed by atoms with van der Waals surface area (Å²) in [5.41, 5.74) is 4.67. The third-order valence-electron chi connectivity index (χ3n) is 5.79. The van der Waals surface area contributed by atoms with Gasteiger partial charge in [0.05, 0.1) is 11.6 Å². The lowest BCUT2D eigenvalue weighted by Gasteiger charge is -2.23.